The maximum Gasteiger partial charge on any atom is 0.157 e. The molecule has 0 radical (unpaired) electrons. The molecule has 92 valence electrons. The number of hydrogen-bond donors (Lipinski definition) is 1. The van der Waals surface area contributed by atoms with Crippen molar-refractivity contribution in [2.45, 2.75) is 38.3 Å². The van der Waals surface area contributed by atoms with Gasteiger partial charge in [-0.2, -0.15) is 0 Å². The molecule has 1 aliphatic heterocycles. The topological polar surface area (TPSA) is 37.5 Å². The van der Waals surface area contributed by atoms with E-state index in [-0.39, 0.29) is 0 Å². The van der Waals surface area contributed by atoms with Gasteiger partial charge in [-0.15, -0.1) is 0 Å². The van der Waals surface area contributed by atoms with E-state index in [1.807, 2.05) is 23.9 Å². The van der Waals surface area contributed by atoms with Gasteiger partial charge in [-0.1, -0.05) is 24.6 Å². The molecule has 4 heteroatoms. The Morgan fingerprint density at radius 2 is 2.35 bits per heavy atom. The van der Waals surface area contributed by atoms with Crippen LogP contribution < -0.4 is 5.32 Å². The lowest BCUT2D eigenvalue weighted by atomic mass is 9.86. The molecule has 1 aromatic heterocycles. The zero-order valence-electron chi connectivity index (χ0n) is 9.89. The summed E-state index contributed by atoms with van der Waals surface area (Å²) in [4.78, 5) is 4.59. The average Bonchev–Trinajstić information content (AvgIpc) is 2.89. The molecule has 2 heterocycles. The van der Waals surface area contributed by atoms with Gasteiger partial charge in [0.1, 0.15) is 5.76 Å². The van der Waals surface area contributed by atoms with Gasteiger partial charge in [-0.25, -0.2) is 0 Å². The van der Waals surface area contributed by atoms with Crippen molar-refractivity contribution >= 4 is 16.9 Å². The lowest BCUT2D eigenvalue weighted by molar-refractivity contribution is 0.311. The highest BCUT2D eigenvalue weighted by Crippen LogP contribution is 2.31. The van der Waals surface area contributed by atoms with Crippen LogP contribution in [0.2, 0.25) is 0 Å². The predicted octanol–water partition coefficient (Wildman–Crippen LogP) is 3.03. The van der Waals surface area contributed by atoms with Crippen molar-refractivity contribution in [3.05, 3.63) is 24.2 Å². The van der Waals surface area contributed by atoms with Crippen molar-refractivity contribution in [2.24, 2.45) is 10.9 Å². The van der Waals surface area contributed by atoms with E-state index >= 15 is 0 Å². The minimum atomic E-state index is 0.653. The summed E-state index contributed by atoms with van der Waals surface area (Å²) >= 11 is 1.87. The van der Waals surface area contributed by atoms with Crippen LogP contribution in [0.15, 0.2) is 27.8 Å². The number of hydrogen-bond acceptors (Lipinski definition) is 3. The molecule has 3 nitrogen and oxygen atoms in total. The van der Waals surface area contributed by atoms with Gasteiger partial charge >= 0.3 is 0 Å². The maximum absolute atomic E-state index is 5.29. The Labute approximate surface area is 106 Å². The summed E-state index contributed by atoms with van der Waals surface area (Å²) in [5.41, 5.74) is 0. The fraction of sp³-hybridized carbons (Fsp3) is 0.615. The minimum absolute atomic E-state index is 0.653. The molecule has 2 aliphatic rings. The van der Waals surface area contributed by atoms with Gasteiger partial charge in [0.25, 0.3) is 0 Å². The monoisotopic (exact) mass is 250 g/mol. The lowest BCUT2D eigenvalue weighted by Gasteiger charge is -2.36. The first-order chi connectivity index (χ1) is 8.42. The molecule has 0 amide bonds. The summed E-state index contributed by atoms with van der Waals surface area (Å²) < 4.78 is 5.29. The summed E-state index contributed by atoms with van der Waals surface area (Å²) in [6, 6.07) is 4.55. The zero-order valence-corrected chi connectivity index (χ0v) is 10.7. The Morgan fingerprint density at radius 1 is 1.41 bits per heavy atom. The molecule has 1 N–H and O–H groups in total. The van der Waals surface area contributed by atoms with Crippen LogP contribution in [0.4, 0.5) is 0 Å². The van der Waals surface area contributed by atoms with Gasteiger partial charge in [0.15, 0.2) is 5.17 Å². The number of amidine groups is 1. The summed E-state index contributed by atoms with van der Waals surface area (Å²) in [7, 11) is 0. The van der Waals surface area contributed by atoms with Crippen molar-refractivity contribution in [2.75, 3.05) is 5.75 Å². The van der Waals surface area contributed by atoms with Gasteiger partial charge in [0.2, 0.25) is 0 Å². The van der Waals surface area contributed by atoms with E-state index in [4.69, 9.17) is 4.42 Å². The molecule has 0 bridgehead atoms. The smallest absolute Gasteiger partial charge is 0.157 e. The van der Waals surface area contributed by atoms with Crippen molar-refractivity contribution in [3.63, 3.8) is 0 Å². The molecule has 1 saturated heterocycles. The third kappa shape index (κ3) is 2.68. The number of nitrogens with zero attached hydrogens (tertiary/aromatic N) is 1. The second kappa shape index (κ2) is 5.17. The molecule has 1 aromatic rings. The number of rotatable bonds is 2. The molecule has 2 unspecified atom stereocenters. The quantitative estimate of drug-likeness (QED) is 0.876. The standard InChI is InChI=1S/C13H18N2OS/c1-2-6-12-10(4-1)9-17-13(15-12)14-8-11-5-3-7-16-11/h3,5,7,10,12H,1-2,4,6,8-9H2,(H,14,15). The SMILES string of the molecule is c1coc(CN=C2NC3CCCCC3CS2)c1. The molecule has 0 aromatic carbocycles. The van der Waals surface area contributed by atoms with Crippen molar-refractivity contribution in [1.29, 1.82) is 0 Å². The predicted molar refractivity (Wildman–Crippen MR) is 71.2 cm³/mol. The van der Waals surface area contributed by atoms with Crippen molar-refractivity contribution < 1.29 is 4.42 Å². The van der Waals surface area contributed by atoms with Crippen LogP contribution >= 0.6 is 11.8 Å². The van der Waals surface area contributed by atoms with Gasteiger partial charge in [0, 0.05) is 11.8 Å². The first-order valence-corrected chi connectivity index (χ1v) is 7.36. The summed E-state index contributed by atoms with van der Waals surface area (Å²) in [5, 5.41) is 4.69. The summed E-state index contributed by atoms with van der Waals surface area (Å²) in [6.45, 7) is 0.653. The van der Waals surface area contributed by atoms with Crippen LogP contribution in [0.1, 0.15) is 31.4 Å². The van der Waals surface area contributed by atoms with Crippen LogP contribution in [0, 0.1) is 5.92 Å². The highest BCUT2D eigenvalue weighted by molar-refractivity contribution is 8.13. The number of aliphatic imine (C=N–C) groups is 1. The molecular weight excluding hydrogens is 232 g/mol. The molecule has 17 heavy (non-hydrogen) atoms. The van der Waals surface area contributed by atoms with E-state index in [2.05, 4.69) is 10.3 Å². The Bertz CT molecular complexity index is 388. The van der Waals surface area contributed by atoms with Crippen molar-refractivity contribution in [1.82, 2.24) is 5.32 Å². The van der Waals surface area contributed by atoms with Crippen LogP contribution in [-0.2, 0) is 6.54 Å². The van der Waals surface area contributed by atoms with E-state index in [1.54, 1.807) is 6.26 Å². The number of nitrogens with one attached hydrogen (secondary N) is 1. The fourth-order valence-corrected chi connectivity index (χ4v) is 3.79. The van der Waals surface area contributed by atoms with Crippen LogP contribution in [0.25, 0.3) is 0 Å². The largest absolute Gasteiger partial charge is 0.467 e. The highest BCUT2D eigenvalue weighted by Gasteiger charge is 2.30. The molecule has 2 atom stereocenters. The summed E-state index contributed by atoms with van der Waals surface area (Å²) in [5.74, 6) is 3.02. The fourth-order valence-electron chi connectivity index (χ4n) is 2.63. The van der Waals surface area contributed by atoms with Crippen LogP contribution in [0.3, 0.4) is 0 Å². The van der Waals surface area contributed by atoms with E-state index in [0.29, 0.717) is 12.6 Å². The molecular formula is C13H18N2OS. The first kappa shape index (κ1) is 11.2. The number of fused-ring (bicyclic) bond motifs is 1. The van der Waals surface area contributed by atoms with E-state index in [0.717, 1.165) is 16.8 Å². The van der Waals surface area contributed by atoms with Crippen LogP contribution in [-0.4, -0.2) is 17.0 Å². The normalized spacial score (nSPS) is 30.9. The maximum atomic E-state index is 5.29. The second-order valence-electron chi connectivity index (χ2n) is 4.81. The molecule has 0 spiro atoms. The van der Waals surface area contributed by atoms with Gasteiger partial charge in [-0.3, -0.25) is 4.99 Å². The number of thioether (sulfide) groups is 1. The first-order valence-electron chi connectivity index (χ1n) is 6.38. The Kier molecular flexibility index (Phi) is 3.41. The molecule has 1 aliphatic carbocycles. The molecule has 2 fully saturated rings. The lowest BCUT2D eigenvalue weighted by Crippen LogP contribution is -2.46. The Hall–Kier alpha value is -0.900. The third-order valence-corrected chi connectivity index (χ3v) is 4.73. The summed E-state index contributed by atoms with van der Waals surface area (Å²) in [6.07, 6.45) is 7.17. The Morgan fingerprint density at radius 3 is 3.24 bits per heavy atom. The van der Waals surface area contributed by atoms with Crippen LogP contribution in [0.5, 0.6) is 0 Å². The van der Waals surface area contributed by atoms with E-state index < -0.39 is 0 Å². The highest BCUT2D eigenvalue weighted by atomic mass is 32.2. The third-order valence-electron chi connectivity index (χ3n) is 3.61. The van der Waals surface area contributed by atoms with Gasteiger partial charge < -0.3 is 9.73 Å². The van der Waals surface area contributed by atoms with E-state index in [9.17, 15) is 0 Å². The average molecular weight is 250 g/mol. The van der Waals surface area contributed by atoms with Gasteiger partial charge in [-0.05, 0) is 30.9 Å². The second-order valence-corrected chi connectivity index (χ2v) is 5.82. The van der Waals surface area contributed by atoms with E-state index in [1.165, 1.54) is 31.4 Å². The van der Waals surface area contributed by atoms with Crippen molar-refractivity contribution in [3.8, 4) is 0 Å². The minimum Gasteiger partial charge on any atom is -0.467 e. The molecule has 1 saturated carbocycles. The van der Waals surface area contributed by atoms with Gasteiger partial charge in [0.05, 0.1) is 12.8 Å². The zero-order chi connectivity index (χ0) is 11.5. The Balaban J connectivity index is 1.59. The number of furan rings is 1. The molecule has 3 rings (SSSR count).